The van der Waals surface area contributed by atoms with Gasteiger partial charge in [0, 0.05) is 6.54 Å². The highest BCUT2D eigenvalue weighted by molar-refractivity contribution is 5.13. The zero-order valence-corrected chi connectivity index (χ0v) is 11.1. The maximum absolute atomic E-state index is 5.80. The molecule has 1 aromatic heterocycles. The molecule has 1 atom stereocenters. The summed E-state index contributed by atoms with van der Waals surface area (Å²) in [6, 6.07) is 0.467. The predicted octanol–water partition coefficient (Wildman–Crippen LogP) is 2.38. The van der Waals surface area contributed by atoms with Gasteiger partial charge in [0.1, 0.15) is 5.60 Å². The standard InChI is InChI=1S/C13H23N3O/c1-13(2,3)17-12-9-15-16(10-12)11-6-4-5-7-14-8-11/h9-11,14H,4-8H2,1-3H3. The first kappa shape index (κ1) is 12.4. The minimum Gasteiger partial charge on any atom is -0.485 e. The van der Waals surface area contributed by atoms with E-state index in [0.29, 0.717) is 6.04 Å². The number of nitrogens with one attached hydrogen (secondary N) is 1. The van der Waals surface area contributed by atoms with Crippen molar-refractivity contribution in [1.82, 2.24) is 15.1 Å². The monoisotopic (exact) mass is 237 g/mol. The van der Waals surface area contributed by atoms with Gasteiger partial charge < -0.3 is 10.1 Å². The van der Waals surface area contributed by atoms with Crippen molar-refractivity contribution < 1.29 is 4.74 Å². The van der Waals surface area contributed by atoms with E-state index in [4.69, 9.17) is 4.74 Å². The molecule has 17 heavy (non-hydrogen) atoms. The van der Waals surface area contributed by atoms with E-state index in [-0.39, 0.29) is 5.60 Å². The lowest BCUT2D eigenvalue weighted by Gasteiger charge is -2.19. The van der Waals surface area contributed by atoms with Crippen molar-refractivity contribution in [3.8, 4) is 5.75 Å². The molecule has 1 saturated heterocycles. The highest BCUT2D eigenvalue weighted by Crippen LogP contribution is 2.21. The molecule has 0 saturated carbocycles. The zero-order valence-electron chi connectivity index (χ0n) is 11.1. The molecule has 1 N–H and O–H groups in total. The number of rotatable bonds is 2. The molecule has 0 aliphatic carbocycles. The number of ether oxygens (including phenoxy) is 1. The van der Waals surface area contributed by atoms with E-state index in [0.717, 1.165) is 18.8 Å². The molecule has 2 heterocycles. The van der Waals surface area contributed by atoms with Gasteiger partial charge in [-0.2, -0.15) is 5.10 Å². The quantitative estimate of drug-likeness (QED) is 0.858. The van der Waals surface area contributed by atoms with Crippen molar-refractivity contribution in [3.63, 3.8) is 0 Å². The summed E-state index contributed by atoms with van der Waals surface area (Å²) >= 11 is 0. The van der Waals surface area contributed by atoms with Crippen molar-refractivity contribution in [3.05, 3.63) is 12.4 Å². The van der Waals surface area contributed by atoms with E-state index < -0.39 is 0 Å². The average Bonchev–Trinajstić information content (AvgIpc) is 2.52. The molecular weight excluding hydrogens is 214 g/mol. The van der Waals surface area contributed by atoms with Crippen LogP contribution in [0.2, 0.25) is 0 Å². The second-order valence-corrected chi connectivity index (χ2v) is 5.72. The lowest BCUT2D eigenvalue weighted by Crippen LogP contribution is -2.24. The number of hydrogen-bond donors (Lipinski definition) is 1. The molecule has 0 radical (unpaired) electrons. The number of hydrogen-bond acceptors (Lipinski definition) is 3. The van der Waals surface area contributed by atoms with Crippen LogP contribution in [0, 0.1) is 0 Å². The topological polar surface area (TPSA) is 39.1 Å². The van der Waals surface area contributed by atoms with Crippen molar-refractivity contribution >= 4 is 0 Å². The summed E-state index contributed by atoms with van der Waals surface area (Å²) in [5.74, 6) is 0.863. The van der Waals surface area contributed by atoms with Crippen molar-refractivity contribution in [1.29, 1.82) is 0 Å². The van der Waals surface area contributed by atoms with Crippen LogP contribution in [-0.2, 0) is 0 Å². The maximum Gasteiger partial charge on any atom is 0.157 e. The minimum atomic E-state index is -0.157. The van der Waals surface area contributed by atoms with Crippen LogP contribution < -0.4 is 10.1 Å². The molecule has 0 amide bonds. The molecule has 0 bridgehead atoms. The second kappa shape index (κ2) is 5.08. The third-order valence-corrected chi connectivity index (χ3v) is 2.90. The van der Waals surface area contributed by atoms with E-state index in [1.54, 1.807) is 0 Å². The molecule has 1 unspecified atom stereocenters. The number of aromatic nitrogens is 2. The molecule has 0 spiro atoms. The zero-order chi connectivity index (χ0) is 12.3. The van der Waals surface area contributed by atoms with Gasteiger partial charge in [-0.25, -0.2) is 0 Å². The van der Waals surface area contributed by atoms with Gasteiger partial charge in [0.2, 0.25) is 0 Å². The minimum absolute atomic E-state index is 0.157. The van der Waals surface area contributed by atoms with Crippen LogP contribution in [0.15, 0.2) is 12.4 Å². The fourth-order valence-electron chi connectivity index (χ4n) is 2.15. The first-order chi connectivity index (χ1) is 8.04. The van der Waals surface area contributed by atoms with Crippen molar-refractivity contribution in [2.45, 2.75) is 51.7 Å². The Morgan fingerprint density at radius 2 is 2.24 bits per heavy atom. The maximum atomic E-state index is 5.80. The van der Waals surface area contributed by atoms with Gasteiger partial charge in [-0.3, -0.25) is 4.68 Å². The molecular formula is C13H23N3O. The van der Waals surface area contributed by atoms with Gasteiger partial charge in [-0.05, 0) is 40.2 Å². The lowest BCUT2D eigenvalue weighted by atomic mass is 10.1. The Morgan fingerprint density at radius 1 is 1.41 bits per heavy atom. The Balaban J connectivity index is 2.01. The SMILES string of the molecule is CC(C)(C)Oc1cnn(C2CCCCNC2)c1. The molecule has 96 valence electrons. The molecule has 1 fully saturated rings. The summed E-state index contributed by atoms with van der Waals surface area (Å²) in [6.07, 6.45) is 7.57. The average molecular weight is 237 g/mol. The highest BCUT2D eigenvalue weighted by Gasteiger charge is 2.17. The smallest absolute Gasteiger partial charge is 0.157 e. The summed E-state index contributed by atoms with van der Waals surface area (Å²) in [5.41, 5.74) is -0.157. The normalized spacial score (nSPS) is 22.2. The van der Waals surface area contributed by atoms with Gasteiger partial charge in [0.15, 0.2) is 5.75 Å². The molecule has 1 aromatic rings. The van der Waals surface area contributed by atoms with Crippen LogP contribution in [0.5, 0.6) is 5.75 Å². The van der Waals surface area contributed by atoms with E-state index in [1.807, 2.05) is 17.1 Å². The fraction of sp³-hybridized carbons (Fsp3) is 0.769. The summed E-state index contributed by atoms with van der Waals surface area (Å²) in [6.45, 7) is 8.30. The fourth-order valence-corrected chi connectivity index (χ4v) is 2.15. The summed E-state index contributed by atoms with van der Waals surface area (Å²) in [4.78, 5) is 0. The van der Waals surface area contributed by atoms with Crippen LogP contribution in [-0.4, -0.2) is 28.5 Å². The Hall–Kier alpha value is -1.03. The molecule has 4 heteroatoms. The molecule has 1 aliphatic heterocycles. The van der Waals surface area contributed by atoms with Crippen LogP contribution in [0.1, 0.15) is 46.1 Å². The predicted molar refractivity (Wildman–Crippen MR) is 68.4 cm³/mol. The summed E-state index contributed by atoms with van der Waals surface area (Å²) in [7, 11) is 0. The Morgan fingerprint density at radius 3 is 3.00 bits per heavy atom. The van der Waals surface area contributed by atoms with Crippen molar-refractivity contribution in [2.24, 2.45) is 0 Å². The third-order valence-electron chi connectivity index (χ3n) is 2.90. The van der Waals surface area contributed by atoms with Gasteiger partial charge in [0.25, 0.3) is 0 Å². The Kier molecular flexibility index (Phi) is 3.72. The van der Waals surface area contributed by atoms with Gasteiger partial charge in [-0.15, -0.1) is 0 Å². The Labute approximate surface area is 103 Å². The first-order valence-electron chi connectivity index (χ1n) is 6.48. The molecule has 0 aromatic carbocycles. The van der Waals surface area contributed by atoms with E-state index >= 15 is 0 Å². The number of nitrogens with zero attached hydrogens (tertiary/aromatic N) is 2. The lowest BCUT2D eigenvalue weighted by molar-refractivity contribution is 0.130. The van der Waals surface area contributed by atoms with Crippen LogP contribution in [0.4, 0.5) is 0 Å². The summed E-state index contributed by atoms with van der Waals surface area (Å²) < 4.78 is 7.84. The Bertz CT molecular complexity index is 346. The molecule has 2 rings (SSSR count). The second-order valence-electron chi connectivity index (χ2n) is 5.72. The van der Waals surface area contributed by atoms with E-state index in [2.05, 4.69) is 31.2 Å². The van der Waals surface area contributed by atoms with E-state index in [1.165, 1.54) is 19.3 Å². The van der Waals surface area contributed by atoms with Crippen LogP contribution in [0.25, 0.3) is 0 Å². The van der Waals surface area contributed by atoms with Gasteiger partial charge >= 0.3 is 0 Å². The van der Waals surface area contributed by atoms with Crippen LogP contribution >= 0.6 is 0 Å². The van der Waals surface area contributed by atoms with E-state index in [9.17, 15) is 0 Å². The molecule has 1 aliphatic rings. The van der Waals surface area contributed by atoms with Crippen LogP contribution in [0.3, 0.4) is 0 Å². The largest absolute Gasteiger partial charge is 0.485 e. The molecule has 4 nitrogen and oxygen atoms in total. The first-order valence-corrected chi connectivity index (χ1v) is 6.48. The highest BCUT2D eigenvalue weighted by atomic mass is 16.5. The summed E-state index contributed by atoms with van der Waals surface area (Å²) in [5, 5.41) is 7.87. The van der Waals surface area contributed by atoms with Crippen molar-refractivity contribution in [2.75, 3.05) is 13.1 Å². The third kappa shape index (κ3) is 3.73. The van der Waals surface area contributed by atoms with Gasteiger partial charge in [0.05, 0.1) is 18.4 Å². The van der Waals surface area contributed by atoms with Gasteiger partial charge in [-0.1, -0.05) is 6.42 Å².